The molecule has 0 aliphatic rings. The molecule has 0 aromatic heterocycles. The number of carbonyl (C=O) groups is 5. The largest absolute Gasteiger partial charge is 0.481 e. The molecule has 0 saturated carbocycles. The molecule has 11 nitrogen and oxygen atoms in total. The fraction of sp³-hybridized carbons (Fsp3) is 0.414. The molecular weight excluding hydrogens is 516 g/mol. The summed E-state index contributed by atoms with van der Waals surface area (Å²) >= 11 is 0. The van der Waals surface area contributed by atoms with E-state index in [1.165, 1.54) is 0 Å². The Balaban J connectivity index is 2.30. The molecule has 5 unspecified atom stereocenters. The summed E-state index contributed by atoms with van der Waals surface area (Å²) in [5, 5.41) is 26.4. The number of carbonyl (C=O) groups excluding carboxylic acids is 3. The Morgan fingerprint density at radius 3 is 1.62 bits per heavy atom. The molecule has 0 radical (unpaired) electrons. The highest BCUT2D eigenvalue weighted by atomic mass is 16.4. The summed E-state index contributed by atoms with van der Waals surface area (Å²) in [5.74, 6) is -4.69. The first-order chi connectivity index (χ1) is 19.0. The van der Waals surface area contributed by atoms with Gasteiger partial charge in [-0.2, -0.15) is 0 Å². The van der Waals surface area contributed by atoms with Crippen molar-refractivity contribution in [2.24, 2.45) is 11.7 Å². The Morgan fingerprint density at radius 2 is 1.20 bits per heavy atom. The van der Waals surface area contributed by atoms with Gasteiger partial charge in [-0.15, -0.1) is 0 Å². The predicted octanol–water partition coefficient (Wildman–Crippen LogP) is 1.25. The molecule has 0 saturated heterocycles. The first-order valence-corrected chi connectivity index (χ1v) is 13.2. The minimum atomic E-state index is -1.18. The Hall–Kier alpha value is -4.25. The van der Waals surface area contributed by atoms with Gasteiger partial charge < -0.3 is 31.9 Å². The van der Waals surface area contributed by atoms with Crippen LogP contribution < -0.4 is 21.7 Å². The normalized spacial score (nSPS) is 14.6. The highest BCUT2D eigenvalue weighted by Gasteiger charge is 2.32. The third-order valence-corrected chi connectivity index (χ3v) is 6.61. The molecule has 2 aromatic rings. The topological polar surface area (TPSA) is 188 Å². The summed E-state index contributed by atoms with van der Waals surface area (Å²) in [4.78, 5) is 62.3. The van der Waals surface area contributed by atoms with Crippen LogP contribution in [-0.4, -0.2) is 64.0 Å². The predicted molar refractivity (Wildman–Crippen MR) is 148 cm³/mol. The van der Waals surface area contributed by atoms with Gasteiger partial charge in [0.2, 0.25) is 17.7 Å². The first kappa shape index (κ1) is 32.0. The molecule has 0 heterocycles. The number of amides is 3. The number of hydrogen-bond donors (Lipinski definition) is 6. The van der Waals surface area contributed by atoms with Gasteiger partial charge in [-0.3, -0.25) is 19.2 Å². The van der Waals surface area contributed by atoms with Crippen molar-refractivity contribution in [3.63, 3.8) is 0 Å². The van der Waals surface area contributed by atoms with Crippen LogP contribution >= 0.6 is 0 Å². The van der Waals surface area contributed by atoms with E-state index in [0.29, 0.717) is 6.42 Å². The maximum Gasteiger partial charge on any atom is 0.326 e. The quantitative estimate of drug-likeness (QED) is 0.179. The van der Waals surface area contributed by atoms with Crippen LogP contribution in [0.4, 0.5) is 0 Å². The number of aliphatic carboxylic acids is 2. The maximum absolute atomic E-state index is 13.5. The first-order valence-electron chi connectivity index (χ1n) is 13.2. The highest BCUT2D eigenvalue weighted by molar-refractivity contribution is 5.94. The Bertz CT molecular complexity index is 1140. The van der Waals surface area contributed by atoms with E-state index < -0.39 is 53.8 Å². The zero-order valence-corrected chi connectivity index (χ0v) is 22.7. The maximum atomic E-state index is 13.5. The smallest absolute Gasteiger partial charge is 0.326 e. The number of benzene rings is 2. The lowest BCUT2D eigenvalue weighted by Gasteiger charge is -2.27. The number of carboxylic acid groups (broad SMARTS) is 2. The van der Waals surface area contributed by atoms with Crippen LogP contribution in [0.2, 0.25) is 0 Å². The highest BCUT2D eigenvalue weighted by Crippen LogP contribution is 2.11. The van der Waals surface area contributed by atoms with E-state index in [-0.39, 0.29) is 31.6 Å². The Morgan fingerprint density at radius 1 is 0.750 bits per heavy atom. The molecule has 0 spiro atoms. The van der Waals surface area contributed by atoms with Crippen molar-refractivity contribution in [3.05, 3.63) is 71.8 Å². The third kappa shape index (κ3) is 10.5. The fourth-order valence-corrected chi connectivity index (χ4v) is 4.02. The molecule has 5 atom stereocenters. The van der Waals surface area contributed by atoms with E-state index in [1.807, 2.05) is 6.92 Å². The van der Waals surface area contributed by atoms with Gasteiger partial charge in [0.25, 0.3) is 0 Å². The summed E-state index contributed by atoms with van der Waals surface area (Å²) < 4.78 is 0. The van der Waals surface area contributed by atoms with Crippen molar-refractivity contribution >= 4 is 29.7 Å². The van der Waals surface area contributed by atoms with Gasteiger partial charge in [-0.25, -0.2) is 4.79 Å². The Labute approximate surface area is 233 Å². The van der Waals surface area contributed by atoms with Gasteiger partial charge >= 0.3 is 11.9 Å². The van der Waals surface area contributed by atoms with E-state index in [0.717, 1.165) is 11.1 Å². The lowest BCUT2D eigenvalue weighted by atomic mass is 9.97. The molecule has 40 heavy (non-hydrogen) atoms. The van der Waals surface area contributed by atoms with Gasteiger partial charge in [0.15, 0.2) is 0 Å². The van der Waals surface area contributed by atoms with E-state index in [4.69, 9.17) is 10.8 Å². The molecule has 0 aliphatic carbocycles. The van der Waals surface area contributed by atoms with Gasteiger partial charge in [-0.05, 0) is 23.5 Å². The summed E-state index contributed by atoms with van der Waals surface area (Å²) in [7, 11) is 0. The van der Waals surface area contributed by atoms with Crippen LogP contribution in [0.15, 0.2) is 60.7 Å². The minimum Gasteiger partial charge on any atom is -0.481 e. The van der Waals surface area contributed by atoms with Crippen LogP contribution in [-0.2, 0) is 36.8 Å². The van der Waals surface area contributed by atoms with E-state index >= 15 is 0 Å². The van der Waals surface area contributed by atoms with Gasteiger partial charge in [0.05, 0.1) is 6.04 Å². The molecule has 216 valence electrons. The second kappa shape index (κ2) is 16.0. The molecule has 2 rings (SSSR count). The van der Waals surface area contributed by atoms with Crippen LogP contribution in [0.3, 0.4) is 0 Å². The van der Waals surface area contributed by atoms with Gasteiger partial charge in [0.1, 0.15) is 18.1 Å². The van der Waals surface area contributed by atoms with Crippen molar-refractivity contribution in [1.82, 2.24) is 16.0 Å². The molecule has 2 aromatic carbocycles. The number of nitrogens with two attached hydrogens (primary N) is 1. The summed E-state index contributed by atoms with van der Waals surface area (Å²) in [6.45, 7) is 3.52. The zero-order valence-electron chi connectivity index (χ0n) is 22.7. The minimum absolute atomic E-state index is 0.0777. The van der Waals surface area contributed by atoms with Crippen molar-refractivity contribution in [1.29, 1.82) is 0 Å². The molecule has 7 N–H and O–H groups in total. The monoisotopic (exact) mass is 554 g/mol. The van der Waals surface area contributed by atoms with Crippen molar-refractivity contribution in [2.45, 2.75) is 70.1 Å². The lowest BCUT2D eigenvalue weighted by molar-refractivity contribution is -0.144. The molecule has 3 amide bonds. The second-order valence-corrected chi connectivity index (χ2v) is 9.75. The number of hydrogen-bond acceptors (Lipinski definition) is 6. The van der Waals surface area contributed by atoms with Crippen molar-refractivity contribution in [2.75, 3.05) is 0 Å². The SMILES string of the molecule is CCC(C)C(NC(=O)C(Cc1ccccc1)NC(=O)C(Cc1ccccc1)NC(=O)C(N)CCC(=O)O)C(=O)O. The van der Waals surface area contributed by atoms with E-state index in [9.17, 15) is 29.1 Å². The van der Waals surface area contributed by atoms with Crippen molar-refractivity contribution in [3.8, 4) is 0 Å². The average Bonchev–Trinajstić information content (AvgIpc) is 2.94. The number of rotatable bonds is 16. The molecular formula is C29H38N4O7. The van der Waals surface area contributed by atoms with Crippen LogP contribution in [0.1, 0.15) is 44.2 Å². The van der Waals surface area contributed by atoms with Crippen LogP contribution in [0, 0.1) is 5.92 Å². The van der Waals surface area contributed by atoms with Gasteiger partial charge in [0, 0.05) is 19.3 Å². The zero-order chi connectivity index (χ0) is 29.7. The molecule has 11 heteroatoms. The fourth-order valence-electron chi connectivity index (χ4n) is 4.02. The lowest BCUT2D eigenvalue weighted by Crippen LogP contribution is -2.58. The summed E-state index contributed by atoms with van der Waals surface area (Å²) in [6, 6.07) is 13.2. The summed E-state index contributed by atoms with van der Waals surface area (Å²) in [5.41, 5.74) is 7.32. The average molecular weight is 555 g/mol. The third-order valence-electron chi connectivity index (χ3n) is 6.61. The molecule has 0 fully saturated rings. The molecule has 0 bridgehead atoms. The second-order valence-electron chi connectivity index (χ2n) is 9.75. The van der Waals surface area contributed by atoms with Crippen molar-refractivity contribution < 1.29 is 34.2 Å². The van der Waals surface area contributed by atoms with E-state index in [2.05, 4.69) is 16.0 Å². The number of carboxylic acids is 2. The Kier molecular flexibility index (Phi) is 12.8. The van der Waals surface area contributed by atoms with Gasteiger partial charge in [-0.1, -0.05) is 80.9 Å². The summed E-state index contributed by atoms with van der Waals surface area (Å²) in [6.07, 6.45) is 0.237. The van der Waals surface area contributed by atoms with E-state index in [1.54, 1.807) is 67.6 Å². The van der Waals surface area contributed by atoms with Crippen LogP contribution in [0.5, 0.6) is 0 Å². The van der Waals surface area contributed by atoms with Crippen LogP contribution in [0.25, 0.3) is 0 Å². The number of nitrogens with one attached hydrogen (secondary N) is 3. The standard InChI is InChI=1S/C29H38N4O7/c1-3-18(2)25(29(39)40)33-28(38)23(17-20-12-8-5-9-13-20)32-27(37)22(16-19-10-6-4-7-11-19)31-26(36)21(30)14-15-24(34)35/h4-13,18,21-23,25H,3,14-17,30H2,1-2H3,(H,31,36)(H,32,37)(H,33,38)(H,34,35)(H,39,40). The molecule has 0 aliphatic heterocycles.